The van der Waals surface area contributed by atoms with Crippen LogP contribution in [0.2, 0.25) is 0 Å². The first kappa shape index (κ1) is 19.2. The van der Waals surface area contributed by atoms with Gasteiger partial charge in [0.15, 0.2) is 0 Å². The van der Waals surface area contributed by atoms with Gasteiger partial charge in [-0.25, -0.2) is 0 Å². The summed E-state index contributed by atoms with van der Waals surface area (Å²) in [6.45, 7) is 7.24. The molecule has 1 N–H and O–H groups in total. The van der Waals surface area contributed by atoms with E-state index in [4.69, 9.17) is 0 Å². The number of aromatic nitrogens is 1. The van der Waals surface area contributed by atoms with Crippen molar-refractivity contribution in [2.24, 2.45) is 0 Å². The number of allylic oxidation sites excluding steroid dienone is 2. The molecular formula is C24H27N3O2. The minimum atomic E-state index is -0.138. The van der Waals surface area contributed by atoms with Crippen LogP contribution in [0.25, 0.3) is 16.7 Å². The molecule has 0 saturated carbocycles. The molecule has 5 heteroatoms. The van der Waals surface area contributed by atoms with Crippen molar-refractivity contribution in [3.8, 4) is 11.1 Å². The zero-order valence-electron chi connectivity index (χ0n) is 17.4. The third-order valence-electron chi connectivity index (χ3n) is 5.93. The van der Waals surface area contributed by atoms with Crippen LogP contribution in [-0.2, 0) is 4.79 Å². The number of hydrogen-bond donors (Lipinski definition) is 1. The molecule has 1 unspecified atom stereocenters. The molecule has 0 fully saturated rings. The highest BCUT2D eigenvalue weighted by Crippen LogP contribution is 2.40. The van der Waals surface area contributed by atoms with Crippen molar-refractivity contribution >= 4 is 17.2 Å². The van der Waals surface area contributed by atoms with E-state index in [2.05, 4.69) is 42.1 Å². The van der Waals surface area contributed by atoms with Crippen LogP contribution in [0.3, 0.4) is 0 Å². The fourth-order valence-corrected chi connectivity index (χ4v) is 4.16. The van der Waals surface area contributed by atoms with Crippen LogP contribution in [-0.4, -0.2) is 35.4 Å². The molecule has 0 spiro atoms. The third-order valence-corrected chi connectivity index (χ3v) is 5.93. The van der Waals surface area contributed by atoms with Crippen LogP contribution in [0.15, 0.2) is 53.6 Å². The van der Waals surface area contributed by atoms with E-state index in [1.165, 1.54) is 0 Å². The predicted octanol–water partition coefficient (Wildman–Crippen LogP) is 4.13. The molecule has 150 valence electrons. The van der Waals surface area contributed by atoms with E-state index in [1.54, 1.807) is 11.1 Å². The number of hydrogen-bond acceptors (Lipinski definition) is 3. The molecule has 1 aromatic carbocycles. The van der Waals surface area contributed by atoms with E-state index in [1.807, 2.05) is 38.2 Å². The largest absolute Gasteiger partial charge is 0.371 e. The summed E-state index contributed by atoms with van der Waals surface area (Å²) in [5.74, 6) is -0.0191. The van der Waals surface area contributed by atoms with Gasteiger partial charge in [-0.15, -0.1) is 0 Å². The molecule has 0 bridgehead atoms. The number of pyridine rings is 1. The molecule has 2 aliphatic heterocycles. The van der Waals surface area contributed by atoms with Gasteiger partial charge in [-0.05, 0) is 55.2 Å². The summed E-state index contributed by atoms with van der Waals surface area (Å²) in [5, 5.41) is 0. The maximum atomic E-state index is 12.6. The average Bonchev–Trinajstić information content (AvgIpc) is 2.97. The number of carbonyl (C=O) groups is 1. The zero-order chi connectivity index (χ0) is 20.7. The van der Waals surface area contributed by atoms with Crippen molar-refractivity contribution < 1.29 is 4.79 Å². The maximum Gasteiger partial charge on any atom is 0.255 e. The first-order chi connectivity index (χ1) is 13.9. The molecule has 29 heavy (non-hydrogen) atoms. The van der Waals surface area contributed by atoms with Crippen molar-refractivity contribution in [3.05, 3.63) is 70.3 Å². The number of likely N-dealkylation sites (N-methyl/N-ethyl adjacent to an activating group) is 1. The van der Waals surface area contributed by atoms with Crippen LogP contribution in [0.5, 0.6) is 0 Å². The quantitative estimate of drug-likeness (QED) is 0.855. The molecular weight excluding hydrogens is 362 g/mol. The summed E-state index contributed by atoms with van der Waals surface area (Å²) in [4.78, 5) is 32.0. The third kappa shape index (κ3) is 3.31. The van der Waals surface area contributed by atoms with Gasteiger partial charge in [-0.3, -0.25) is 9.59 Å². The molecule has 1 atom stereocenters. The van der Waals surface area contributed by atoms with Crippen molar-refractivity contribution in [2.75, 3.05) is 18.5 Å². The van der Waals surface area contributed by atoms with Gasteiger partial charge in [-0.2, -0.15) is 0 Å². The number of carbonyl (C=O) groups excluding carboxylic acids is 1. The minimum Gasteiger partial charge on any atom is -0.371 e. The second-order valence-corrected chi connectivity index (χ2v) is 8.04. The molecule has 2 aliphatic rings. The first-order valence-corrected chi connectivity index (χ1v) is 10.2. The van der Waals surface area contributed by atoms with Gasteiger partial charge in [0.05, 0.1) is 5.92 Å². The Morgan fingerprint density at radius 2 is 1.97 bits per heavy atom. The SMILES string of the molecule is CCC1C(=O)N(C)c2ccc(-c3cc(C4=CN(C(C)C)CC=C4)c[nH]c3=O)cc21. The molecule has 0 radical (unpaired) electrons. The number of H-pyrrole nitrogens is 1. The first-order valence-electron chi connectivity index (χ1n) is 10.2. The standard InChI is InChI=1S/C24H27N3O2/c1-5-19-21-11-16(8-9-22(21)26(4)24(19)29)20-12-18(13-25-23(20)28)17-7-6-10-27(14-17)15(2)3/h6-9,11-15,19H,5,10H2,1-4H3,(H,25,28). The molecule has 1 amide bonds. The molecule has 2 aromatic rings. The predicted molar refractivity (Wildman–Crippen MR) is 118 cm³/mol. The molecule has 0 aliphatic carbocycles. The van der Waals surface area contributed by atoms with Gasteiger partial charge in [-0.1, -0.05) is 25.1 Å². The van der Waals surface area contributed by atoms with Gasteiger partial charge < -0.3 is 14.8 Å². The Hall–Kier alpha value is -3.08. The van der Waals surface area contributed by atoms with Crippen LogP contribution in [0, 0.1) is 0 Å². The second kappa shape index (κ2) is 7.39. The lowest BCUT2D eigenvalue weighted by Crippen LogP contribution is -2.27. The lowest BCUT2D eigenvalue weighted by Gasteiger charge is -2.27. The van der Waals surface area contributed by atoms with Crippen LogP contribution in [0.1, 0.15) is 44.2 Å². The summed E-state index contributed by atoms with van der Waals surface area (Å²) in [6.07, 6.45) is 8.90. The van der Waals surface area contributed by atoms with E-state index in [0.29, 0.717) is 11.6 Å². The summed E-state index contributed by atoms with van der Waals surface area (Å²) in [6, 6.07) is 8.24. The Bertz CT molecular complexity index is 1080. The lowest BCUT2D eigenvalue weighted by molar-refractivity contribution is -0.119. The number of nitrogens with zero attached hydrogens (tertiary/aromatic N) is 2. The van der Waals surface area contributed by atoms with E-state index in [0.717, 1.165) is 40.9 Å². The highest BCUT2D eigenvalue weighted by molar-refractivity contribution is 6.05. The molecule has 1 aromatic heterocycles. The topological polar surface area (TPSA) is 56.4 Å². The molecule has 5 nitrogen and oxygen atoms in total. The number of anilines is 1. The van der Waals surface area contributed by atoms with E-state index >= 15 is 0 Å². The van der Waals surface area contributed by atoms with Crippen molar-refractivity contribution in [2.45, 2.75) is 39.2 Å². The van der Waals surface area contributed by atoms with Crippen LogP contribution < -0.4 is 10.5 Å². The van der Waals surface area contributed by atoms with Crippen molar-refractivity contribution in [1.82, 2.24) is 9.88 Å². The summed E-state index contributed by atoms with van der Waals surface area (Å²) < 4.78 is 0. The zero-order valence-corrected chi connectivity index (χ0v) is 17.4. The Labute approximate surface area is 171 Å². The highest BCUT2D eigenvalue weighted by Gasteiger charge is 2.34. The number of nitrogens with one attached hydrogen (secondary N) is 1. The maximum absolute atomic E-state index is 12.6. The van der Waals surface area contributed by atoms with Crippen LogP contribution >= 0.6 is 0 Å². The fraction of sp³-hybridized carbons (Fsp3) is 0.333. The average molecular weight is 389 g/mol. The number of amides is 1. The summed E-state index contributed by atoms with van der Waals surface area (Å²) in [7, 11) is 1.81. The Balaban J connectivity index is 1.77. The van der Waals surface area contributed by atoms with Crippen molar-refractivity contribution in [1.29, 1.82) is 0 Å². The molecule has 0 saturated heterocycles. The molecule has 4 rings (SSSR count). The monoisotopic (exact) mass is 389 g/mol. The minimum absolute atomic E-state index is 0.119. The Morgan fingerprint density at radius 3 is 2.69 bits per heavy atom. The van der Waals surface area contributed by atoms with Gasteiger partial charge >= 0.3 is 0 Å². The van der Waals surface area contributed by atoms with Crippen molar-refractivity contribution in [3.63, 3.8) is 0 Å². The Morgan fingerprint density at radius 1 is 1.17 bits per heavy atom. The Kier molecular flexibility index (Phi) is 4.91. The summed E-state index contributed by atoms with van der Waals surface area (Å²) in [5.41, 5.74) is 5.33. The summed E-state index contributed by atoms with van der Waals surface area (Å²) >= 11 is 0. The van der Waals surface area contributed by atoms with E-state index < -0.39 is 0 Å². The highest BCUT2D eigenvalue weighted by atomic mass is 16.2. The number of fused-ring (bicyclic) bond motifs is 1. The lowest BCUT2D eigenvalue weighted by atomic mass is 9.94. The van der Waals surface area contributed by atoms with Gasteiger partial charge in [0.25, 0.3) is 5.56 Å². The molecule has 3 heterocycles. The smallest absolute Gasteiger partial charge is 0.255 e. The normalized spacial score (nSPS) is 18.4. The van der Waals surface area contributed by atoms with Gasteiger partial charge in [0, 0.05) is 48.8 Å². The fourth-order valence-electron chi connectivity index (χ4n) is 4.16. The van der Waals surface area contributed by atoms with E-state index in [9.17, 15) is 9.59 Å². The van der Waals surface area contributed by atoms with Gasteiger partial charge in [0.1, 0.15) is 0 Å². The number of aromatic amines is 1. The number of rotatable bonds is 4. The second-order valence-electron chi connectivity index (χ2n) is 8.04. The van der Waals surface area contributed by atoms with Gasteiger partial charge in [0.2, 0.25) is 5.91 Å². The van der Waals surface area contributed by atoms with E-state index in [-0.39, 0.29) is 17.4 Å². The van der Waals surface area contributed by atoms with Crippen LogP contribution in [0.4, 0.5) is 5.69 Å². The number of benzene rings is 1.